The minimum absolute atomic E-state index is 0.0929. The molecule has 0 unspecified atom stereocenters. The molecule has 0 amide bonds. The van der Waals surface area contributed by atoms with Crippen molar-refractivity contribution in [3.8, 4) is 0 Å². The predicted molar refractivity (Wildman–Crippen MR) is 74.2 cm³/mol. The Morgan fingerprint density at radius 2 is 2.16 bits per heavy atom. The molecule has 4 nitrogen and oxygen atoms in total. The summed E-state index contributed by atoms with van der Waals surface area (Å²) in [6.07, 6.45) is 1.43. The quantitative estimate of drug-likeness (QED) is 0.818. The number of rotatable bonds is 6. The van der Waals surface area contributed by atoms with Gasteiger partial charge in [-0.15, -0.1) is 6.58 Å². The Morgan fingerprint density at radius 3 is 2.68 bits per heavy atom. The van der Waals surface area contributed by atoms with Gasteiger partial charge in [0.25, 0.3) is 0 Å². The lowest BCUT2D eigenvalue weighted by molar-refractivity contribution is 0.487. The summed E-state index contributed by atoms with van der Waals surface area (Å²) < 4.78 is 39.6. The molecule has 1 aromatic carbocycles. The molecule has 0 fully saturated rings. The molecule has 0 aliphatic heterocycles. The summed E-state index contributed by atoms with van der Waals surface area (Å²) in [5.74, 6) is -0.783. The fourth-order valence-corrected chi connectivity index (χ4v) is 3.15. The molecule has 0 aliphatic carbocycles. The molecule has 0 spiro atoms. The number of likely N-dealkylation sites (N-methyl/N-ethyl adjacent to an activating group) is 1. The molecule has 0 aliphatic rings. The lowest BCUT2D eigenvalue weighted by Crippen LogP contribution is -2.28. The van der Waals surface area contributed by atoms with Gasteiger partial charge in [0, 0.05) is 30.7 Å². The van der Waals surface area contributed by atoms with Crippen molar-refractivity contribution in [1.29, 1.82) is 0 Å². The second-order valence-corrected chi connectivity index (χ2v) is 6.43. The first-order chi connectivity index (χ1) is 8.84. The Morgan fingerprint density at radius 1 is 1.53 bits per heavy atom. The Hall–Kier alpha value is -0.950. The number of hydrogen-bond acceptors (Lipinski definition) is 3. The van der Waals surface area contributed by atoms with E-state index in [0.717, 1.165) is 10.4 Å². The maximum absolute atomic E-state index is 14.2. The highest BCUT2D eigenvalue weighted by Crippen LogP contribution is 2.25. The van der Waals surface area contributed by atoms with Crippen LogP contribution in [0.1, 0.15) is 5.56 Å². The van der Waals surface area contributed by atoms with Crippen LogP contribution in [0.2, 0.25) is 5.02 Å². The second kappa shape index (κ2) is 6.47. The summed E-state index contributed by atoms with van der Waals surface area (Å²) in [5.41, 5.74) is 0.209. The van der Waals surface area contributed by atoms with Crippen LogP contribution in [0.15, 0.2) is 29.7 Å². The third-order valence-corrected chi connectivity index (χ3v) is 4.56. The molecule has 1 rings (SSSR count). The van der Waals surface area contributed by atoms with E-state index >= 15 is 0 Å². The molecule has 0 radical (unpaired) electrons. The van der Waals surface area contributed by atoms with Gasteiger partial charge in [0.2, 0.25) is 10.0 Å². The fraction of sp³-hybridized carbons (Fsp3) is 0.333. The van der Waals surface area contributed by atoms with E-state index in [9.17, 15) is 12.8 Å². The van der Waals surface area contributed by atoms with Gasteiger partial charge in [0.05, 0.1) is 0 Å². The standard InChI is InChI=1S/C12H16ClFN2O2S/c1-4-5-16(3)19(17,18)11-7-10(13)6-9(8-15-2)12(11)14/h4,6-7,15H,1,5,8H2,2-3H3. The van der Waals surface area contributed by atoms with Crippen molar-refractivity contribution in [2.75, 3.05) is 20.6 Å². The Kier molecular flexibility index (Phi) is 5.49. The number of nitrogens with one attached hydrogen (secondary N) is 1. The number of halogens is 2. The third-order valence-electron chi connectivity index (χ3n) is 2.52. The van der Waals surface area contributed by atoms with E-state index < -0.39 is 20.7 Å². The van der Waals surface area contributed by atoms with Gasteiger partial charge in [-0.2, -0.15) is 4.31 Å². The first-order valence-corrected chi connectivity index (χ1v) is 7.36. The van der Waals surface area contributed by atoms with Crippen molar-refractivity contribution in [3.63, 3.8) is 0 Å². The van der Waals surface area contributed by atoms with E-state index in [1.54, 1.807) is 7.05 Å². The van der Waals surface area contributed by atoms with Gasteiger partial charge in [-0.3, -0.25) is 0 Å². The van der Waals surface area contributed by atoms with E-state index in [2.05, 4.69) is 11.9 Å². The minimum Gasteiger partial charge on any atom is -0.316 e. The zero-order valence-corrected chi connectivity index (χ0v) is 12.4. The van der Waals surface area contributed by atoms with Gasteiger partial charge in [0.1, 0.15) is 10.7 Å². The first-order valence-electron chi connectivity index (χ1n) is 5.54. The van der Waals surface area contributed by atoms with E-state index in [4.69, 9.17) is 11.6 Å². The van der Waals surface area contributed by atoms with Crippen LogP contribution in [0.3, 0.4) is 0 Å². The molecule has 19 heavy (non-hydrogen) atoms. The fourth-order valence-electron chi connectivity index (χ4n) is 1.57. The van der Waals surface area contributed by atoms with Crippen molar-refractivity contribution in [2.45, 2.75) is 11.4 Å². The van der Waals surface area contributed by atoms with Crippen LogP contribution >= 0.6 is 11.6 Å². The summed E-state index contributed by atoms with van der Waals surface area (Å²) in [4.78, 5) is -0.422. The molecule has 0 aromatic heterocycles. The van der Waals surface area contributed by atoms with Crippen LogP contribution in [0.25, 0.3) is 0 Å². The second-order valence-electron chi connectivity index (χ2n) is 3.98. The Balaban J connectivity index is 3.38. The summed E-state index contributed by atoms with van der Waals surface area (Å²) in [5, 5.41) is 2.94. The van der Waals surface area contributed by atoms with Gasteiger partial charge in [0.15, 0.2) is 0 Å². The van der Waals surface area contributed by atoms with E-state index in [-0.39, 0.29) is 23.7 Å². The number of nitrogens with zero attached hydrogens (tertiary/aromatic N) is 1. The number of benzene rings is 1. The summed E-state index contributed by atoms with van der Waals surface area (Å²) in [7, 11) is -0.927. The average molecular weight is 307 g/mol. The molecular weight excluding hydrogens is 291 g/mol. The van der Waals surface area contributed by atoms with Crippen LogP contribution in [-0.4, -0.2) is 33.4 Å². The highest BCUT2D eigenvalue weighted by molar-refractivity contribution is 7.89. The lowest BCUT2D eigenvalue weighted by Gasteiger charge is -2.17. The average Bonchev–Trinajstić information content (AvgIpc) is 2.33. The number of hydrogen-bond donors (Lipinski definition) is 1. The molecule has 1 aromatic rings. The highest BCUT2D eigenvalue weighted by Gasteiger charge is 2.26. The zero-order chi connectivity index (χ0) is 14.6. The van der Waals surface area contributed by atoms with Gasteiger partial charge >= 0.3 is 0 Å². The van der Waals surface area contributed by atoms with E-state index in [1.807, 2.05) is 0 Å². The van der Waals surface area contributed by atoms with E-state index in [1.165, 1.54) is 19.2 Å². The van der Waals surface area contributed by atoms with Crippen molar-refractivity contribution in [1.82, 2.24) is 9.62 Å². The first kappa shape index (κ1) is 16.1. The van der Waals surface area contributed by atoms with Gasteiger partial charge in [-0.05, 0) is 19.2 Å². The van der Waals surface area contributed by atoms with Crippen LogP contribution in [0, 0.1) is 5.82 Å². The molecule has 0 saturated carbocycles. The molecular formula is C12H16ClFN2O2S. The topological polar surface area (TPSA) is 49.4 Å². The summed E-state index contributed by atoms with van der Waals surface area (Å²) >= 11 is 5.85. The third kappa shape index (κ3) is 3.54. The van der Waals surface area contributed by atoms with Crippen LogP contribution < -0.4 is 5.32 Å². The molecule has 106 valence electrons. The molecule has 1 N–H and O–H groups in total. The minimum atomic E-state index is -3.92. The highest BCUT2D eigenvalue weighted by atomic mass is 35.5. The smallest absolute Gasteiger partial charge is 0.246 e. The normalized spacial score (nSPS) is 11.8. The Bertz CT molecular complexity index is 575. The summed E-state index contributed by atoms with van der Waals surface area (Å²) in [6.45, 7) is 3.75. The molecule has 7 heteroatoms. The van der Waals surface area contributed by atoms with Crippen molar-refractivity contribution in [3.05, 3.63) is 41.2 Å². The van der Waals surface area contributed by atoms with Gasteiger partial charge in [-0.1, -0.05) is 17.7 Å². The largest absolute Gasteiger partial charge is 0.316 e. The van der Waals surface area contributed by atoms with Gasteiger partial charge < -0.3 is 5.32 Å². The predicted octanol–water partition coefficient (Wildman–Crippen LogP) is 2.00. The molecule has 0 saturated heterocycles. The maximum atomic E-state index is 14.2. The van der Waals surface area contributed by atoms with Crippen LogP contribution in [0.4, 0.5) is 4.39 Å². The van der Waals surface area contributed by atoms with E-state index in [0.29, 0.717) is 0 Å². The maximum Gasteiger partial charge on any atom is 0.246 e. The zero-order valence-electron chi connectivity index (χ0n) is 10.8. The SMILES string of the molecule is C=CCN(C)S(=O)(=O)c1cc(Cl)cc(CNC)c1F. The molecule has 0 heterocycles. The summed E-state index contributed by atoms with van der Waals surface area (Å²) in [6, 6.07) is 2.52. The van der Waals surface area contributed by atoms with Crippen LogP contribution in [0.5, 0.6) is 0 Å². The van der Waals surface area contributed by atoms with Crippen molar-refractivity contribution >= 4 is 21.6 Å². The number of sulfonamides is 1. The van der Waals surface area contributed by atoms with Crippen LogP contribution in [-0.2, 0) is 16.6 Å². The lowest BCUT2D eigenvalue weighted by atomic mass is 10.2. The molecule has 0 bridgehead atoms. The Labute approximate surface area is 117 Å². The van der Waals surface area contributed by atoms with Crippen molar-refractivity contribution in [2.24, 2.45) is 0 Å². The molecule has 0 atom stereocenters. The van der Waals surface area contributed by atoms with Gasteiger partial charge in [-0.25, -0.2) is 12.8 Å². The monoisotopic (exact) mass is 306 g/mol. The van der Waals surface area contributed by atoms with Crippen molar-refractivity contribution < 1.29 is 12.8 Å².